The summed E-state index contributed by atoms with van der Waals surface area (Å²) in [6, 6.07) is 0.372. The van der Waals surface area contributed by atoms with Crippen LogP contribution in [-0.4, -0.2) is 66.7 Å². The number of ether oxygens (including phenoxy) is 1. The van der Waals surface area contributed by atoms with Gasteiger partial charge in [-0.05, 0) is 26.7 Å². The molecule has 2 aliphatic heterocycles. The Bertz CT molecular complexity index is 301. The highest BCUT2D eigenvalue weighted by molar-refractivity contribution is 5.77. The second-order valence-corrected chi connectivity index (χ2v) is 5.90. The van der Waals surface area contributed by atoms with Gasteiger partial charge in [0.05, 0.1) is 12.2 Å². The molecule has 2 aliphatic rings. The lowest BCUT2D eigenvalue weighted by Crippen LogP contribution is -2.51. The molecule has 0 aromatic heterocycles. The number of carbonyl (C=O) groups excluding carboxylic acids is 1. The molecule has 0 spiro atoms. The molecule has 5 nitrogen and oxygen atoms in total. The number of nitrogens with two attached hydrogens (primary N) is 1. The van der Waals surface area contributed by atoms with Gasteiger partial charge in [-0.1, -0.05) is 0 Å². The first-order chi connectivity index (χ1) is 9.10. The smallest absolute Gasteiger partial charge is 0.224 e. The van der Waals surface area contributed by atoms with E-state index in [1.165, 1.54) is 0 Å². The van der Waals surface area contributed by atoms with Gasteiger partial charge in [-0.25, -0.2) is 0 Å². The minimum atomic E-state index is 0.222. The van der Waals surface area contributed by atoms with E-state index < -0.39 is 0 Å². The molecule has 0 bridgehead atoms. The summed E-state index contributed by atoms with van der Waals surface area (Å²) in [5.41, 5.74) is 5.49. The molecule has 19 heavy (non-hydrogen) atoms. The van der Waals surface area contributed by atoms with Crippen molar-refractivity contribution in [2.75, 3.05) is 32.7 Å². The second kappa shape index (κ2) is 6.68. The average Bonchev–Trinajstić information content (AvgIpc) is 2.76. The molecule has 0 unspecified atom stereocenters. The van der Waals surface area contributed by atoms with Gasteiger partial charge in [0, 0.05) is 45.2 Å². The first-order valence-electron chi connectivity index (χ1n) is 7.47. The van der Waals surface area contributed by atoms with Crippen molar-refractivity contribution in [3.63, 3.8) is 0 Å². The Kier molecular flexibility index (Phi) is 5.19. The van der Waals surface area contributed by atoms with E-state index in [1.807, 2.05) is 4.90 Å². The first-order valence-corrected chi connectivity index (χ1v) is 7.47. The Hall–Kier alpha value is -0.650. The third kappa shape index (κ3) is 3.91. The van der Waals surface area contributed by atoms with E-state index in [9.17, 15) is 4.79 Å². The lowest BCUT2D eigenvalue weighted by Gasteiger charge is -2.38. The Balaban J connectivity index is 1.88. The van der Waals surface area contributed by atoms with Crippen molar-refractivity contribution in [3.05, 3.63) is 0 Å². The van der Waals surface area contributed by atoms with E-state index in [0.29, 0.717) is 31.2 Å². The fourth-order valence-electron chi connectivity index (χ4n) is 3.35. The standard InChI is InChI=1S/C14H27N3O2/c1-11-8-16(9-12(2)19-11)10-13-4-3-7-17(13)14(18)5-6-15/h11-13H,3-10,15H2,1-2H3/t11-,12+,13-/m0/s1. The zero-order valence-corrected chi connectivity index (χ0v) is 12.2. The number of nitrogens with zero attached hydrogens (tertiary/aromatic N) is 2. The van der Waals surface area contributed by atoms with Gasteiger partial charge in [-0.15, -0.1) is 0 Å². The second-order valence-electron chi connectivity index (χ2n) is 5.90. The molecule has 2 fully saturated rings. The fraction of sp³-hybridized carbons (Fsp3) is 0.929. The zero-order chi connectivity index (χ0) is 13.8. The summed E-state index contributed by atoms with van der Waals surface area (Å²) in [4.78, 5) is 16.5. The van der Waals surface area contributed by atoms with Gasteiger partial charge in [0.25, 0.3) is 0 Å². The molecule has 110 valence electrons. The van der Waals surface area contributed by atoms with Gasteiger partial charge in [0.2, 0.25) is 5.91 Å². The van der Waals surface area contributed by atoms with Gasteiger partial charge in [-0.3, -0.25) is 9.69 Å². The van der Waals surface area contributed by atoms with Crippen molar-refractivity contribution < 1.29 is 9.53 Å². The summed E-state index contributed by atoms with van der Waals surface area (Å²) in [6.07, 6.45) is 3.30. The molecule has 2 N–H and O–H groups in total. The molecule has 0 radical (unpaired) electrons. The molecule has 1 amide bonds. The summed E-state index contributed by atoms with van der Waals surface area (Å²) in [6.45, 7) is 8.52. The number of likely N-dealkylation sites (tertiary alicyclic amines) is 1. The summed E-state index contributed by atoms with van der Waals surface area (Å²) in [7, 11) is 0. The molecule has 0 aromatic carbocycles. The van der Waals surface area contributed by atoms with Crippen LogP contribution in [0.5, 0.6) is 0 Å². The summed E-state index contributed by atoms with van der Waals surface area (Å²) < 4.78 is 5.75. The number of hydrogen-bond acceptors (Lipinski definition) is 4. The van der Waals surface area contributed by atoms with Crippen molar-refractivity contribution in [3.8, 4) is 0 Å². The Morgan fingerprint density at radius 3 is 2.63 bits per heavy atom. The molecule has 0 aliphatic carbocycles. The maximum Gasteiger partial charge on any atom is 0.224 e. The van der Waals surface area contributed by atoms with E-state index in [0.717, 1.165) is 39.0 Å². The maximum atomic E-state index is 12.0. The third-order valence-electron chi connectivity index (χ3n) is 4.02. The van der Waals surface area contributed by atoms with Crippen molar-refractivity contribution in [1.82, 2.24) is 9.80 Å². The monoisotopic (exact) mass is 269 g/mol. The van der Waals surface area contributed by atoms with E-state index in [1.54, 1.807) is 0 Å². The topological polar surface area (TPSA) is 58.8 Å². The molecule has 5 heteroatoms. The van der Waals surface area contributed by atoms with Gasteiger partial charge in [-0.2, -0.15) is 0 Å². The highest BCUT2D eigenvalue weighted by Gasteiger charge is 2.31. The Labute approximate surface area is 116 Å². The van der Waals surface area contributed by atoms with Crippen molar-refractivity contribution >= 4 is 5.91 Å². The van der Waals surface area contributed by atoms with Crippen LogP contribution < -0.4 is 5.73 Å². The molecular formula is C14H27N3O2. The molecule has 0 aromatic rings. The molecular weight excluding hydrogens is 242 g/mol. The summed E-state index contributed by atoms with van der Waals surface area (Å²) in [5.74, 6) is 0.222. The van der Waals surface area contributed by atoms with Crippen molar-refractivity contribution in [1.29, 1.82) is 0 Å². The molecule has 2 rings (SSSR count). The summed E-state index contributed by atoms with van der Waals surface area (Å²) >= 11 is 0. The normalized spacial score (nSPS) is 32.8. The van der Waals surface area contributed by atoms with Gasteiger partial charge in [0.1, 0.15) is 0 Å². The van der Waals surface area contributed by atoms with Crippen molar-refractivity contribution in [2.24, 2.45) is 5.73 Å². The molecule has 2 heterocycles. The minimum Gasteiger partial charge on any atom is -0.373 e. The number of amides is 1. The van der Waals surface area contributed by atoms with Crippen molar-refractivity contribution in [2.45, 2.75) is 51.4 Å². The van der Waals surface area contributed by atoms with E-state index >= 15 is 0 Å². The zero-order valence-electron chi connectivity index (χ0n) is 12.2. The molecule has 0 saturated carbocycles. The van der Waals surface area contributed by atoms with Crippen LogP contribution in [0, 0.1) is 0 Å². The Morgan fingerprint density at radius 2 is 2.00 bits per heavy atom. The predicted molar refractivity (Wildman–Crippen MR) is 74.9 cm³/mol. The van der Waals surface area contributed by atoms with Crippen LogP contribution >= 0.6 is 0 Å². The van der Waals surface area contributed by atoms with Crippen LogP contribution in [0.15, 0.2) is 0 Å². The number of morpholine rings is 1. The number of hydrogen-bond donors (Lipinski definition) is 1. The average molecular weight is 269 g/mol. The fourth-order valence-corrected chi connectivity index (χ4v) is 3.35. The lowest BCUT2D eigenvalue weighted by molar-refractivity contribution is -0.132. The van der Waals surface area contributed by atoms with E-state index in [4.69, 9.17) is 10.5 Å². The number of carbonyl (C=O) groups is 1. The highest BCUT2D eigenvalue weighted by atomic mass is 16.5. The van der Waals surface area contributed by atoms with Gasteiger partial charge < -0.3 is 15.4 Å². The predicted octanol–water partition coefficient (Wildman–Crippen LogP) is 0.435. The van der Waals surface area contributed by atoms with Gasteiger partial charge in [0.15, 0.2) is 0 Å². The van der Waals surface area contributed by atoms with Crippen LogP contribution in [-0.2, 0) is 9.53 Å². The third-order valence-corrected chi connectivity index (χ3v) is 4.02. The minimum absolute atomic E-state index is 0.222. The van der Waals surface area contributed by atoms with E-state index in [-0.39, 0.29) is 5.91 Å². The number of rotatable bonds is 4. The van der Waals surface area contributed by atoms with Crippen LogP contribution in [0.25, 0.3) is 0 Å². The maximum absolute atomic E-state index is 12.0. The van der Waals surface area contributed by atoms with Crippen LogP contribution in [0.3, 0.4) is 0 Å². The highest BCUT2D eigenvalue weighted by Crippen LogP contribution is 2.21. The quantitative estimate of drug-likeness (QED) is 0.804. The first kappa shape index (κ1) is 14.8. The SMILES string of the molecule is C[C@@H]1CN(C[C@@H]2CCCN2C(=O)CCN)C[C@H](C)O1. The lowest BCUT2D eigenvalue weighted by atomic mass is 10.1. The molecule has 2 saturated heterocycles. The largest absolute Gasteiger partial charge is 0.373 e. The van der Waals surface area contributed by atoms with Crippen LogP contribution in [0.2, 0.25) is 0 Å². The summed E-state index contributed by atoms with van der Waals surface area (Å²) in [5, 5.41) is 0. The van der Waals surface area contributed by atoms with Gasteiger partial charge >= 0.3 is 0 Å². The van der Waals surface area contributed by atoms with Crippen LogP contribution in [0.4, 0.5) is 0 Å². The van der Waals surface area contributed by atoms with Crippen LogP contribution in [0.1, 0.15) is 33.1 Å². The molecule has 3 atom stereocenters. The van der Waals surface area contributed by atoms with E-state index in [2.05, 4.69) is 18.7 Å². The Morgan fingerprint density at radius 1 is 1.32 bits per heavy atom.